The van der Waals surface area contributed by atoms with Crippen molar-refractivity contribution in [3.05, 3.63) is 39.1 Å². The van der Waals surface area contributed by atoms with E-state index in [1.807, 2.05) is 19.1 Å². The van der Waals surface area contributed by atoms with E-state index in [2.05, 4.69) is 21.0 Å². The number of aromatic nitrogens is 2. The standard InChI is InChI=1S/C12H13BrClN3O/c1-7-11(12(14)17(2)16-7)6-18-10-4-8(13)3-9(15)5-10/h3-5H,6,15H2,1-2H3. The highest BCUT2D eigenvalue weighted by molar-refractivity contribution is 9.10. The maximum Gasteiger partial charge on any atom is 0.133 e. The monoisotopic (exact) mass is 329 g/mol. The van der Waals surface area contributed by atoms with E-state index in [-0.39, 0.29) is 0 Å². The Labute approximate surface area is 119 Å². The molecular weight excluding hydrogens is 318 g/mol. The maximum absolute atomic E-state index is 6.13. The number of nitrogen functional groups attached to an aromatic ring is 1. The van der Waals surface area contributed by atoms with E-state index in [0.29, 0.717) is 23.2 Å². The Morgan fingerprint density at radius 2 is 2.17 bits per heavy atom. The molecule has 0 unspecified atom stereocenters. The molecule has 0 aliphatic heterocycles. The van der Waals surface area contributed by atoms with Crippen LogP contribution in [-0.4, -0.2) is 9.78 Å². The number of hydrogen-bond donors (Lipinski definition) is 1. The lowest BCUT2D eigenvalue weighted by atomic mass is 10.3. The average Bonchev–Trinajstić information content (AvgIpc) is 2.50. The fraction of sp³-hybridized carbons (Fsp3) is 0.250. The number of aryl methyl sites for hydroxylation is 2. The van der Waals surface area contributed by atoms with Crippen molar-refractivity contribution in [2.45, 2.75) is 13.5 Å². The van der Waals surface area contributed by atoms with Gasteiger partial charge in [0.25, 0.3) is 0 Å². The summed E-state index contributed by atoms with van der Waals surface area (Å²) in [6.07, 6.45) is 0. The van der Waals surface area contributed by atoms with Crippen LogP contribution in [0.3, 0.4) is 0 Å². The number of nitrogens with zero attached hydrogens (tertiary/aromatic N) is 2. The maximum atomic E-state index is 6.13. The summed E-state index contributed by atoms with van der Waals surface area (Å²) in [6.45, 7) is 2.27. The number of halogens is 2. The van der Waals surface area contributed by atoms with Gasteiger partial charge in [0, 0.05) is 28.8 Å². The van der Waals surface area contributed by atoms with Crippen molar-refractivity contribution in [2.24, 2.45) is 7.05 Å². The quantitative estimate of drug-likeness (QED) is 0.879. The molecular formula is C12H13BrClN3O. The minimum atomic E-state index is 0.369. The first-order valence-electron chi connectivity index (χ1n) is 5.34. The van der Waals surface area contributed by atoms with Gasteiger partial charge in [-0.3, -0.25) is 4.68 Å². The first kappa shape index (κ1) is 13.2. The van der Waals surface area contributed by atoms with Crippen molar-refractivity contribution >= 4 is 33.2 Å². The molecule has 0 saturated heterocycles. The number of hydrogen-bond acceptors (Lipinski definition) is 3. The molecule has 6 heteroatoms. The van der Waals surface area contributed by atoms with Gasteiger partial charge in [-0.1, -0.05) is 27.5 Å². The highest BCUT2D eigenvalue weighted by Gasteiger charge is 2.11. The zero-order valence-corrected chi connectivity index (χ0v) is 12.4. The van der Waals surface area contributed by atoms with Crippen molar-refractivity contribution < 1.29 is 4.74 Å². The Kier molecular flexibility index (Phi) is 3.82. The lowest BCUT2D eigenvalue weighted by Gasteiger charge is -2.07. The molecule has 2 aromatic rings. The smallest absolute Gasteiger partial charge is 0.133 e. The topological polar surface area (TPSA) is 53.1 Å². The number of anilines is 1. The van der Waals surface area contributed by atoms with Gasteiger partial charge in [0.1, 0.15) is 17.5 Å². The Bertz CT molecular complexity index is 563. The van der Waals surface area contributed by atoms with E-state index in [1.165, 1.54) is 0 Å². The molecule has 2 N–H and O–H groups in total. The average molecular weight is 331 g/mol. The van der Waals surface area contributed by atoms with Crippen LogP contribution in [0.4, 0.5) is 5.69 Å². The summed E-state index contributed by atoms with van der Waals surface area (Å²) in [6, 6.07) is 5.44. The van der Waals surface area contributed by atoms with Gasteiger partial charge in [-0.15, -0.1) is 0 Å². The second kappa shape index (κ2) is 5.20. The summed E-state index contributed by atoms with van der Waals surface area (Å²) in [7, 11) is 1.80. The highest BCUT2D eigenvalue weighted by Crippen LogP contribution is 2.25. The molecule has 1 aromatic carbocycles. The molecule has 0 spiro atoms. The van der Waals surface area contributed by atoms with E-state index >= 15 is 0 Å². The highest BCUT2D eigenvalue weighted by atomic mass is 79.9. The second-order valence-electron chi connectivity index (χ2n) is 3.99. The molecule has 2 rings (SSSR count). The Morgan fingerprint density at radius 1 is 1.44 bits per heavy atom. The SMILES string of the molecule is Cc1nn(C)c(Cl)c1COc1cc(N)cc(Br)c1. The molecule has 0 fully saturated rings. The van der Waals surface area contributed by atoms with Crippen LogP contribution in [-0.2, 0) is 13.7 Å². The fourth-order valence-corrected chi connectivity index (χ4v) is 2.38. The molecule has 0 aliphatic rings. The zero-order valence-electron chi connectivity index (χ0n) is 10.1. The zero-order chi connectivity index (χ0) is 13.3. The molecule has 0 amide bonds. The molecule has 0 atom stereocenters. The van der Waals surface area contributed by atoms with Crippen LogP contribution in [0.1, 0.15) is 11.3 Å². The molecule has 18 heavy (non-hydrogen) atoms. The van der Waals surface area contributed by atoms with Crippen molar-refractivity contribution in [1.29, 1.82) is 0 Å². The van der Waals surface area contributed by atoms with Gasteiger partial charge in [-0.2, -0.15) is 5.10 Å². The van der Waals surface area contributed by atoms with E-state index in [1.54, 1.807) is 17.8 Å². The van der Waals surface area contributed by atoms with E-state index in [0.717, 1.165) is 15.7 Å². The molecule has 0 bridgehead atoms. The van der Waals surface area contributed by atoms with Crippen molar-refractivity contribution in [1.82, 2.24) is 9.78 Å². The molecule has 1 aromatic heterocycles. The predicted octanol–water partition coefficient (Wildman–Crippen LogP) is 3.31. The van der Waals surface area contributed by atoms with Crippen molar-refractivity contribution in [3.8, 4) is 5.75 Å². The van der Waals surface area contributed by atoms with Crippen molar-refractivity contribution in [2.75, 3.05) is 5.73 Å². The van der Waals surface area contributed by atoms with Gasteiger partial charge in [0.2, 0.25) is 0 Å². The fourth-order valence-electron chi connectivity index (χ4n) is 1.66. The van der Waals surface area contributed by atoms with Crippen LogP contribution in [0.5, 0.6) is 5.75 Å². The number of rotatable bonds is 3. The van der Waals surface area contributed by atoms with E-state index < -0.39 is 0 Å². The Morgan fingerprint density at radius 3 is 2.72 bits per heavy atom. The van der Waals surface area contributed by atoms with Gasteiger partial charge < -0.3 is 10.5 Å². The minimum Gasteiger partial charge on any atom is -0.489 e. The molecule has 0 aliphatic carbocycles. The second-order valence-corrected chi connectivity index (χ2v) is 5.26. The number of benzene rings is 1. The summed E-state index contributed by atoms with van der Waals surface area (Å²) >= 11 is 9.50. The number of ether oxygens (including phenoxy) is 1. The van der Waals surface area contributed by atoms with Crippen LogP contribution in [0.15, 0.2) is 22.7 Å². The van der Waals surface area contributed by atoms with Crippen LogP contribution in [0, 0.1) is 6.92 Å². The third-order valence-corrected chi connectivity index (χ3v) is 3.48. The van der Waals surface area contributed by atoms with E-state index in [9.17, 15) is 0 Å². The summed E-state index contributed by atoms with van der Waals surface area (Å²) in [5, 5.41) is 4.82. The first-order valence-corrected chi connectivity index (χ1v) is 6.51. The van der Waals surface area contributed by atoms with E-state index in [4.69, 9.17) is 22.1 Å². The molecule has 0 saturated carbocycles. The van der Waals surface area contributed by atoms with Gasteiger partial charge in [0.05, 0.1) is 5.69 Å². The van der Waals surface area contributed by atoms with Crippen LogP contribution < -0.4 is 10.5 Å². The third-order valence-electron chi connectivity index (χ3n) is 2.55. The Balaban J connectivity index is 2.16. The summed E-state index contributed by atoms with van der Waals surface area (Å²) < 4.78 is 8.19. The number of nitrogens with two attached hydrogens (primary N) is 1. The Hall–Kier alpha value is -1.20. The lowest BCUT2D eigenvalue weighted by Crippen LogP contribution is -1.98. The normalized spacial score (nSPS) is 10.7. The summed E-state index contributed by atoms with van der Waals surface area (Å²) in [4.78, 5) is 0. The van der Waals surface area contributed by atoms with Crippen LogP contribution >= 0.6 is 27.5 Å². The lowest BCUT2D eigenvalue weighted by molar-refractivity contribution is 0.305. The summed E-state index contributed by atoms with van der Waals surface area (Å²) in [5.74, 6) is 0.696. The third kappa shape index (κ3) is 2.79. The molecule has 96 valence electrons. The van der Waals surface area contributed by atoms with Gasteiger partial charge in [0.15, 0.2) is 0 Å². The molecule has 1 heterocycles. The first-order chi connectivity index (χ1) is 8.47. The predicted molar refractivity (Wildman–Crippen MR) is 75.8 cm³/mol. The molecule has 0 radical (unpaired) electrons. The van der Waals surface area contributed by atoms with Crippen molar-refractivity contribution in [3.63, 3.8) is 0 Å². The van der Waals surface area contributed by atoms with Crippen LogP contribution in [0.25, 0.3) is 0 Å². The molecule has 4 nitrogen and oxygen atoms in total. The summed E-state index contributed by atoms with van der Waals surface area (Å²) in [5.41, 5.74) is 8.14. The van der Waals surface area contributed by atoms with Gasteiger partial charge in [-0.25, -0.2) is 0 Å². The van der Waals surface area contributed by atoms with Gasteiger partial charge in [-0.05, 0) is 19.1 Å². The minimum absolute atomic E-state index is 0.369. The largest absolute Gasteiger partial charge is 0.489 e. The van der Waals surface area contributed by atoms with Gasteiger partial charge >= 0.3 is 0 Å². The van der Waals surface area contributed by atoms with Crippen LogP contribution in [0.2, 0.25) is 5.15 Å².